The van der Waals surface area contributed by atoms with Crippen LogP contribution in [0.5, 0.6) is 0 Å². The minimum absolute atomic E-state index is 0.492. The van der Waals surface area contributed by atoms with E-state index >= 15 is 0 Å². The van der Waals surface area contributed by atoms with Crippen LogP contribution in [-0.2, 0) is 0 Å². The fraction of sp³-hybridized carbons (Fsp3) is 0.300. The fourth-order valence-electron chi connectivity index (χ4n) is 3.34. The van der Waals surface area contributed by atoms with Crippen LogP contribution in [0.25, 0.3) is 16.6 Å². The molecule has 0 spiro atoms. The Morgan fingerprint density at radius 2 is 1.76 bits per heavy atom. The van der Waals surface area contributed by atoms with Crippen LogP contribution >= 0.6 is 22.6 Å². The molecule has 0 saturated heterocycles. The van der Waals surface area contributed by atoms with E-state index in [1.165, 1.54) is 25.7 Å². The van der Waals surface area contributed by atoms with Crippen LogP contribution in [0.4, 0.5) is 5.69 Å². The number of nitrogens with one attached hydrogen (secondary N) is 1. The number of anilines is 1. The van der Waals surface area contributed by atoms with Crippen LogP contribution in [0.15, 0.2) is 59.3 Å². The molecule has 1 N–H and O–H groups in total. The van der Waals surface area contributed by atoms with Gasteiger partial charge in [-0.3, -0.25) is 0 Å². The van der Waals surface area contributed by atoms with Crippen molar-refractivity contribution < 1.29 is 4.63 Å². The van der Waals surface area contributed by atoms with Crippen molar-refractivity contribution in [3.8, 4) is 0 Å². The van der Waals surface area contributed by atoms with Gasteiger partial charge in [-0.05, 0) is 59.3 Å². The number of aromatic nitrogens is 2. The van der Waals surface area contributed by atoms with Crippen molar-refractivity contribution in [3.05, 3.63) is 60.2 Å². The Hall–Kier alpha value is -1.89. The molecular weight excluding hydrogens is 425 g/mol. The van der Waals surface area contributed by atoms with Gasteiger partial charge in [0.1, 0.15) is 5.52 Å². The highest BCUT2D eigenvalue weighted by Gasteiger charge is 2.21. The SMILES string of the molecule is IC1CCC(Nc2cc(C3=CC=CC=CC=C3)cc3nonc23)CC1. The molecule has 5 heteroatoms. The Morgan fingerprint density at radius 3 is 2.64 bits per heavy atom. The highest BCUT2D eigenvalue weighted by molar-refractivity contribution is 14.1. The Bertz CT molecular complexity index is 870. The van der Waals surface area contributed by atoms with E-state index in [4.69, 9.17) is 4.63 Å². The normalized spacial score (nSPS) is 23.3. The van der Waals surface area contributed by atoms with Crippen molar-refractivity contribution in [1.82, 2.24) is 10.3 Å². The van der Waals surface area contributed by atoms with Crippen LogP contribution in [0, 0.1) is 0 Å². The predicted molar refractivity (Wildman–Crippen MR) is 111 cm³/mol. The molecule has 0 atom stereocenters. The van der Waals surface area contributed by atoms with Crippen LogP contribution in [0.1, 0.15) is 31.2 Å². The molecule has 1 aromatic heterocycles. The van der Waals surface area contributed by atoms with Crippen LogP contribution in [0.3, 0.4) is 0 Å². The molecule has 1 aromatic carbocycles. The van der Waals surface area contributed by atoms with Gasteiger partial charge in [0.25, 0.3) is 0 Å². The van der Waals surface area contributed by atoms with E-state index in [0.717, 1.165) is 31.8 Å². The summed E-state index contributed by atoms with van der Waals surface area (Å²) in [5, 5.41) is 11.9. The second-order valence-corrected chi connectivity index (χ2v) is 8.26. The number of nitrogens with zero attached hydrogens (tertiary/aromatic N) is 2. The molecule has 128 valence electrons. The van der Waals surface area contributed by atoms with Crippen LogP contribution < -0.4 is 5.32 Å². The number of alkyl halides is 1. The maximum atomic E-state index is 5.00. The Kier molecular flexibility index (Phi) is 5.01. The molecule has 2 aliphatic rings. The third-order valence-corrected chi connectivity index (χ3v) is 5.95. The lowest BCUT2D eigenvalue weighted by Crippen LogP contribution is -2.26. The molecule has 2 aromatic rings. The molecule has 1 heterocycles. The monoisotopic (exact) mass is 445 g/mol. The molecule has 0 amide bonds. The maximum absolute atomic E-state index is 5.00. The average molecular weight is 445 g/mol. The Morgan fingerprint density at radius 1 is 0.960 bits per heavy atom. The quantitative estimate of drug-likeness (QED) is 0.505. The largest absolute Gasteiger partial charge is 0.380 e. The van der Waals surface area contributed by atoms with Gasteiger partial charge >= 0.3 is 0 Å². The van der Waals surface area contributed by atoms with Crippen molar-refractivity contribution in [2.75, 3.05) is 5.32 Å². The van der Waals surface area contributed by atoms with Gasteiger partial charge in [0.2, 0.25) is 0 Å². The molecule has 0 unspecified atom stereocenters. The Balaban J connectivity index is 1.67. The summed E-state index contributed by atoms with van der Waals surface area (Å²) >= 11 is 2.56. The predicted octanol–water partition coefficient (Wildman–Crippen LogP) is 5.45. The van der Waals surface area contributed by atoms with E-state index in [1.54, 1.807) is 0 Å². The molecule has 0 bridgehead atoms. The number of rotatable bonds is 3. The lowest BCUT2D eigenvalue weighted by atomic mass is 9.94. The molecule has 4 nitrogen and oxygen atoms in total. The summed E-state index contributed by atoms with van der Waals surface area (Å²) in [7, 11) is 0. The summed E-state index contributed by atoms with van der Waals surface area (Å²) < 4.78 is 5.80. The standard InChI is InChI=1S/C20H20IN3O/c21-16-8-10-17(11-9-16)22-18-12-15(13-19-20(18)24-25-23-19)14-6-4-2-1-3-5-7-14/h1-7,12-13,16-17,22H,8-11H2. The number of benzene rings is 1. The smallest absolute Gasteiger partial charge is 0.158 e. The number of hydrogen-bond donors (Lipinski definition) is 1. The molecular formula is C20H20IN3O. The van der Waals surface area contributed by atoms with Crippen molar-refractivity contribution in [3.63, 3.8) is 0 Å². The van der Waals surface area contributed by atoms with Crippen molar-refractivity contribution >= 4 is 44.9 Å². The zero-order valence-corrected chi connectivity index (χ0v) is 16.0. The third kappa shape index (κ3) is 3.86. The minimum Gasteiger partial charge on any atom is -0.380 e. The highest BCUT2D eigenvalue weighted by atomic mass is 127. The summed E-state index contributed by atoms with van der Waals surface area (Å²) in [5.74, 6) is 0. The minimum atomic E-state index is 0.492. The average Bonchev–Trinajstić information content (AvgIpc) is 3.05. The van der Waals surface area contributed by atoms with E-state index in [2.05, 4.69) is 68.6 Å². The highest BCUT2D eigenvalue weighted by Crippen LogP contribution is 2.31. The number of hydrogen-bond acceptors (Lipinski definition) is 4. The molecule has 2 aliphatic carbocycles. The first-order valence-corrected chi connectivity index (χ1v) is 9.93. The maximum Gasteiger partial charge on any atom is 0.158 e. The van der Waals surface area contributed by atoms with Gasteiger partial charge in [-0.2, -0.15) is 0 Å². The number of allylic oxidation sites excluding steroid dienone is 8. The second-order valence-electron chi connectivity index (χ2n) is 6.50. The van der Waals surface area contributed by atoms with Gasteiger partial charge in [-0.25, -0.2) is 4.63 Å². The zero-order chi connectivity index (χ0) is 17.1. The van der Waals surface area contributed by atoms with Gasteiger partial charge in [0.15, 0.2) is 5.52 Å². The molecule has 4 rings (SSSR count). The molecule has 1 fully saturated rings. The summed E-state index contributed by atoms with van der Waals surface area (Å²) in [6.45, 7) is 0. The van der Waals surface area contributed by atoms with Gasteiger partial charge < -0.3 is 5.32 Å². The van der Waals surface area contributed by atoms with Crippen molar-refractivity contribution in [2.45, 2.75) is 35.6 Å². The third-order valence-electron chi connectivity index (χ3n) is 4.71. The molecule has 25 heavy (non-hydrogen) atoms. The molecule has 1 saturated carbocycles. The first kappa shape index (κ1) is 16.6. The Labute approximate surface area is 160 Å². The van der Waals surface area contributed by atoms with E-state index in [0.29, 0.717) is 6.04 Å². The van der Waals surface area contributed by atoms with Gasteiger partial charge in [-0.15, -0.1) is 0 Å². The lowest BCUT2D eigenvalue weighted by molar-refractivity contribution is 0.315. The first-order chi connectivity index (χ1) is 12.3. The lowest BCUT2D eigenvalue weighted by Gasteiger charge is -2.27. The fourth-order valence-corrected chi connectivity index (χ4v) is 4.06. The zero-order valence-electron chi connectivity index (χ0n) is 13.9. The summed E-state index contributed by atoms with van der Waals surface area (Å²) in [5.41, 5.74) is 4.88. The van der Waals surface area contributed by atoms with Gasteiger partial charge in [0, 0.05) is 9.97 Å². The van der Waals surface area contributed by atoms with Crippen molar-refractivity contribution in [2.24, 2.45) is 0 Å². The number of fused-ring (bicyclic) bond motifs is 1. The van der Waals surface area contributed by atoms with Gasteiger partial charge in [0.05, 0.1) is 5.69 Å². The molecule has 0 aliphatic heterocycles. The number of halogens is 1. The van der Waals surface area contributed by atoms with Crippen LogP contribution in [-0.4, -0.2) is 20.3 Å². The summed E-state index contributed by atoms with van der Waals surface area (Å²) in [4.78, 5) is 0. The van der Waals surface area contributed by atoms with Crippen LogP contribution in [0.2, 0.25) is 0 Å². The second kappa shape index (κ2) is 7.56. The van der Waals surface area contributed by atoms with E-state index in [-0.39, 0.29) is 0 Å². The first-order valence-electron chi connectivity index (χ1n) is 8.68. The summed E-state index contributed by atoms with van der Waals surface area (Å²) in [6.07, 6.45) is 19.3. The topological polar surface area (TPSA) is 51.0 Å². The van der Waals surface area contributed by atoms with E-state index < -0.39 is 0 Å². The van der Waals surface area contributed by atoms with Crippen molar-refractivity contribution in [1.29, 1.82) is 0 Å². The molecule has 0 radical (unpaired) electrons. The van der Waals surface area contributed by atoms with E-state index in [9.17, 15) is 0 Å². The van der Waals surface area contributed by atoms with Gasteiger partial charge in [-0.1, -0.05) is 65.1 Å². The summed E-state index contributed by atoms with van der Waals surface area (Å²) in [6, 6.07) is 4.69. The van der Waals surface area contributed by atoms with E-state index in [1.807, 2.05) is 24.3 Å².